The maximum atomic E-state index is 12.5. The fourth-order valence-corrected chi connectivity index (χ4v) is 4.24. The lowest BCUT2D eigenvalue weighted by molar-refractivity contribution is -0.122. The molecule has 0 atom stereocenters. The van der Waals surface area contributed by atoms with E-state index >= 15 is 0 Å². The van der Waals surface area contributed by atoms with E-state index in [0.717, 1.165) is 38.6 Å². The zero-order valence-electron chi connectivity index (χ0n) is 16.3. The molecular weight excluding hydrogens is 346 g/mol. The highest BCUT2D eigenvalue weighted by atomic mass is 16.1. The van der Waals surface area contributed by atoms with E-state index in [1.807, 2.05) is 6.07 Å². The van der Waals surface area contributed by atoms with Crippen LogP contribution in [0, 0.1) is 0 Å². The first kappa shape index (κ1) is 18.8. The van der Waals surface area contributed by atoms with Crippen LogP contribution in [0.15, 0.2) is 60.8 Å². The molecule has 4 nitrogen and oxygen atoms in total. The topological polar surface area (TPSA) is 60.0 Å². The number of hydrogen-bond acceptors (Lipinski definition) is 2. The van der Waals surface area contributed by atoms with Crippen LogP contribution in [0.4, 0.5) is 0 Å². The van der Waals surface area contributed by atoms with Crippen LogP contribution in [-0.4, -0.2) is 22.6 Å². The summed E-state index contributed by atoms with van der Waals surface area (Å²) in [6, 6.07) is 19.6. The number of fused-ring (bicyclic) bond motifs is 1. The number of rotatable bonds is 6. The van der Waals surface area contributed by atoms with Gasteiger partial charge >= 0.3 is 0 Å². The van der Waals surface area contributed by atoms with Gasteiger partial charge in [0.2, 0.25) is 5.91 Å². The van der Waals surface area contributed by atoms with Crippen LogP contribution < -0.4 is 11.1 Å². The van der Waals surface area contributed by atoms with Crippen LogP contribution in [0.2, 0.25) is 0 Å². The molecule has 0 unspecified atom stereocenters. The van der Waals surface area contributed by atoms with Gasteiger partial charge in [-0.25, -0.2) is 0 Å². The van der Waals surface area contributed by atoms with Crippen molar-refractivity contribution in [2.24, 2.45) is 5.73 Å². The summed E-state index contributed by atoms with van der Waals surface area (Å²) in [6.07, 6.45) is 7.54. The zero-order chi connectivity index (χ0) is 19.3. The number of para-hydroxylation sites is 1. The van der Waals surface area contributed by atoms with Gasteiger partial charge in [-0.1, -0.05) is 48.5 Å². The van der Waals surface area contributed by atoms with Gasteiger partial charge in [0.1, 0.15) is 0 Å². The van der Waals surface area contributed by atoms with E-state index < -0.39 is 0 Å². The Morgan fingerprint density at radius 1 is 1.00 bits per heavy atom. The molecule has 1 aromatic heterocycles. The molecule has 0 radical (unpaired) electrons. The van der Waals surface area contributed by atoms with Gasteiger partial charge in [-0.05, 0) is 49.3 Å². The molecule has 4 rings (SSSR count). The Balaban J connectivity index is 1.43. The lowest BCUT2D eigenvalue weighted by Crippen LogP contribution is -2.40. The standard InChI is InChI=1S/C24H29N3O/c25-20-11-13-21(14-12-20)26-24(28)15-10-19-17-27(16-18-6-2-1-3-7-18)23-9-5-4-8-22(19)23/h1-9,17,20-21H,10-16,25H2,(H,26,28)/t20-,21-. The Labute approximate surface area is 166 Å². The molecule has 1 heterocycles. The van der Waals surface area contributed by atoms with E-state index in [1.54, 1.807) is 0 Å². The number of carbonyl (C=O) groups excluding carboxylic acids is 1. The number of aryl methyl sites for hydroxylation is 1. The minimum absolute atomic E-state index is 0.153. The molecule has 146 valence electrons. The second kappa shape index (κ2) is 8.61. The van der Waals surface area contributed by atoms with Gasteiger partial charge in [0.25, 0.3) is 0 Å². The van der Waals surface area contributed by atoms with Crippen LogP contribution in [0.3, 0.4) is 0 Å². The third kappa shape index (κ3) is 4.45. The van der Waals surface area contributed by atoms with E-state index in [-0.39, 0.29) is 5.91 Å². The third-order valence-corrected chi connectivity index (χ3v) is 5.83. The average Bonchev–Trinajstić information content (AvgIpc) is 3.07. The molecule has 28 heavy (non-hydrogen) atoms. The van der Waals surface area contributed by atoms with Crippen LogP contribution in [0.25, 0.3) is 10.9 Å². The summed E-state index contributed by atoms with van der Waals surface area (Å²) in [4.78, 5) is 12.5. The van der Waals surface area contributed by atoms with Crippen LogP contribution in [-0.2, 0) is 17.8 Å². The molecule has 4 heteroatoms. The van der Waals surface area contributed by atoms with Crippen molar-refractivity contribution < 1.29 is 4.79 Å². The Morgan fingerprint density at radius 2 is 1.71 bits per heavy atom. The average molecular weight is 376 g/mol. The van der Waals surface area contributed by atoms with E-state index in [2.05, 4.69) is 64.6 Å². The minimum Gasteiger partial charge on any atom is -0.353 e. The number of nitrogens with one attached hydrogen (secondary N) is 1. The second-order valence-corrected chi connectivity index (χ2v) is 7.96. The van der Waals surface area contributed by atoms with Gasteiger partial charge in [0.05, 0.1) is 0 Å². The molecule has 3 N–H and O–H groups in total. The predicted octanol–water partition coefficient (Wildman–Crippen LogP) is 4.01. The van der Waals surface area contributed by atoms with Crippen molar-refractivity contribution in [2.75, 3.05) is 0 Å². The Bertz CT molecular complexity index is 923. The van der Waals surface area contributed by atoms with Crippen LogP contribution >= 0.6 is 0 Å². The van der Waals surface area contributed by atoms with Gasteiger partial charge in [-0.15, -0.1) is 0 Å². The summed E-state index contributed by atoms with van der Waals surface area (Å²) in [5, 5.41) is 4.45. The highest BCUT2D eigenvalue weighted by Gasteiger charge is 2.20. The summed E-state index contributed by atoms with van der Waals surface area (Å²) in [5.41, 5.74) is 9.71. The lowest BCUT2D eigenvalue weighted by Gasteiger charge is -2.26. The summed E-state index contributed by atoms with van der Waals surface area (Å²) >= 11 is 0. The van der Waals surface area contributed by atoms with Crippen molar-refractivity contribution in [3.63, 3.8) is 0 Å². The van der Waals surface area contributed by atoms with Gasteiger partial charge in [-0.3, -0.25) is 4.79 Å². The fraction of sp³-hybridized carbons (Fsp3) is 0.375. The van der Waals surface area contributed by atoms with Crippen molar-refractivity contribution in [3.05, 3.63) is 71.9 Å². The van der Waals surface area contributed by atoms with Crippen molar-refractivity contribution >= 4 is 16.8 Å². The van der Waals surface area contributed by atoms with Crippen molar-refractivity contribution in [1.82, 2.24) is 9.88 Å². The zero-order valence-corrected chi connectivity index (χ0v) is 16.3. The molecule has 1 fully saturated rings. The SMILES string of the molecule is N[C@H]1CC[C@H](NC(=O)CCc2cn(Cc3ccccc3)c3ccccc23)CC1. The Morgan fingerprint density at radius 3 is 2.50 bits per heavy atom. The van der Waals surface area contributed by atoms with Crippen molar-refractivity contribution in [1.29, 1.82) is 0 Å². The molecule has 1 amide bonds. The summed E-state index contributed by atoms with van der Waals surface area (Å²) < 4.78 is 2.29. The number of aromatic nitrogens is 1. The minimum atomic E-state index is 0.153. The van der Waals surface area contributed by atoms with Crippen molar-refractivity contribution in [3.8, 4) is 0 Å². The van der Waals surface area contributed by atoms with Crippen LogP contribution in [0.1, 0.15) is 43.2 Å². The van der Waals surface area contributed by atoms with Gasteiger partial charge in [-0.2, -0.15) is 0 Å². The van der Waals surface area contributed by atoms with Gasteiger partial charge in [0.15, 0.2) is 0 Å². The van der Waals surface area contributed by atoms with Gasteiger partial charge < -0.3 is 15.6 Å². The Hall–Kier alpha value is -2.59. The molecule has 1 saturated carbocycles. The first-order chi connectivity index (χ1) is 13.7. The van der Waals surface area contributed by atoms with E-state index in [1.165, 1.54) is 22.0 Å². The first-order valence-corrected chi connectivity index (χ1v) is 10.3. The van der Waals surface area contributed by atoms with Crippen LogP contribution in [0.5, 0.6) is 0 Å². The smallest absolute Gasteiger partial charge is 0.220 e. The second-order valence-electron chi connectivity index (χ2n) is 7.96. The predicted molar refractivity (Wildman–Crippen MR) is 114 cm³/mol. The van der Waals surface area contributed by atoms with Crippen molar-refractivity contribution in [2.45, 2.75) is 57.2 Å². The number of nitrogens with two attached hydrogens (primary N) is 1. The van der Waals surface area contributed by atoms with E-state index in [9.17, 15) is 4.79 Å². The normalized spacial score (nSPS) is 19.6. The summed E-state index contributed by atoms with van der Waals surface area (Å²) in [6.45, 7) is 0.843. The first-order valence-electron chi connectivity index (χ1n) is 10.3. The molecular formula is C24H29N3O. The fourth-order valence-electron chi connectivity index (χ4n) is 4.24. The number of amides is 1. The molecule has 3 aromatic rings. The monoisotopic (exact) mass is 375 g/mol. The summed E-state index contributed by atoms with van der Waals surface area (Å²) in [5.74, 6) is 0.153. The molecule has 0 saturated heterocycles. The number of carbonyl (C=O) groups is 1. The maximum absolute atomic E-state index is 12.5. The largest absolute Gasteiger partial charge is 0.353 e. The van der Waals surface area contributed by atoms with E-state index in [4.69, 9.17) is 5.73 Å². The quantitative estimate of drug-likeness (QED) is 0.684. The maximum Gasteiger partial charge on any atom is 0.220 e. The molecule has 2 aromatic carbocycles. The Kier molecular flexibility index (Phi) is 5.77. The number of hydrogen-bond donors (Lipinski definition) is 2. The molecule has 1 aliphatic carbocycles. The molecule has 0 spiro atoms. The lowest BCUT2D eigenvalue weighted by atomic mass is 9.91. The van der Waals surface area contributed by atoms with E-state index in [0.29, 0.717) is 18.5 Å². The van der Waals surface area contributed by atoms with Gasteiger partial charge in [0, 0.05) is 42.1 Å². The third-order valence-electron chi connectivity index (χ3n) is 5.83. The molecule has 0 aliphatic heterocycles. The highest BCUT2D eigenvalue weighted by molar-refractivity contribution is 5.85. The molecule has 0 bridgehead atoms. The number of nitrogens with zero attached hydrogens (tertiary/aromatic N) is 1. The highest BCUT2D eigenvalue weighted by Crippen LogP contribution is 2.24. The molecule has 1 aliphatic rings. The summed E-state index contributed by atoms with van der Waals surface area (Å²) in [7, 11) is 0. The number of benzene rings is 2.